The van der Waals surface area contributed by atoms with Crippen molar-refractivity contribution in [2.45, 2.75) is 72.6 Å². The second-order valence-corrected chi connectivity index (χ2v) is 15.8. The highest BCUT2D eigenvalue weighted by Gasteiger charge is 2.27. The van der Waals surface area contributed by atoms with Gasteiger partial charge >= 0.3 is 6.09 Å². The van der Waals surface area contributed by atoms with Crippen LogP contribution in [0.5, 0.6) is 11.5 Å². The van der Waals surface area contributed by atoms with Crippen molar-refractivity contribution >= 4 is 58.9 Å². The molecule has 1 fully saturated rings. The highest BCUT2D eigenvalue weighted by molar-refractivity contribution is 5.99. The molecule has 62 heavy (non-hydrogen) atoms. The molecule has 5 rings (SSSR count). The maximum atomic E-state index is 13.4. The van der Waals surface area contributed by atoms with E-state index >= 15 is 0 Å². The Morgan fingerprint density at radius 3 is 2.32 bits per heavy atom. The maximum Gasteiger partial charge on any atom is 0.410 e. The van der Waals surface area contributed by atoms with E-state index in [0.29, 0.717) is 83.3 Å². The van der Waals surface area contributed by atoms with E-state index in [1.165, 1.54) is 19.2 Å². The summed E-state index contributed by atoms with van der Waals surface area (Å²) < 4.78 is 21.1. The van der Waals surface area contributed by atoms with Gasteiger partial charge in [-0.15, -0.1) is 0 Å². The summed E-state index contributed by atoms with van der Waals surface area (Å²) in [6.45, 7) is 15.7. The fourth-order valence-electron chi connectivity index (χ4n) is 7.20. The molecule has 4 aromatic rings. The minimum Gasteiger partial charge on any atom is -0.494 e. The predicted molar refractivity (Wildman–Crippen MR) is 240 cm³/mol. The predicted octanol–water partition coefficient (Wildman–Crippen LogP) is 5.56. The summed E-state index contributed by atoms with van der Waals surface area (Å²) in [5.74, 6) is 0.0944. The van der Waals surface area contributed by atoms with Gasteiger partial charge < -0.3 is 50.7 Å². The summed E-state index contributed by atoms with van der Waals surface area (Å²) in [4.78, 5) is 62.9. The molecule has 0 saturated carbocycles. The number of nitrogens with zero attached hydrogens (tertiary/aromatic N) is 7. The van der Waals surface area contributed by atoms with Gasteiger partial charge in [0, 0.05) is 50.9 Å². The van der Waals surface area contributed by atoms with Crippen LogP contribution in [0.3, 0.4) is 0 Å². The average Bonchev–Trinajstić information content (AvgIpc) is 3.81. The van der Waals surface area contributed by atoms with Crippen LogP contribution < -0.4 is 36.5 Å². The number of hydrogen-bond acceptors (Lipinski definition) is 12. The molecule has 3 heterocycles. The smallest absolute Gasteiger partial charge is 0.410 e. The number of nitrogens with one attached hydrogen (secondary N) is 2. The third-order valence-electron chi connectivity index (χ3n) is 10.2. The Bertz CT molecular complexity index is 2330. The largest absolute Gasteiger partial charge is 0.494 e. The van der Waals surface area contributed by atoms with Gasteiger partial charge in [0.2, 0.25) is 17.8 Å². The van der Waals surface area contributed by atoms with Gasteiger partial charge in [0.25, 0.3) is 5.91 Å². The number of nitrogens with two attached hydrogens (primary N) is 2. The summed E-state index contributed by atoms with van der Waals surface area (Å²) in [5, 5.41) is 10.5. The van der Waals surface area contributed by atoms with E-state index in [-0.39, 0.29) is 42.9 Å². The SMILES string of the molecule is C=Nc1cc(C(N)=O)cc(OC)c1N(C/C=C/Cn1c(NC)nc2cc(C(N)=O)cc(OC/C=C/CC3CCN(C(=O)OC(C)(C)C)CC3)c21)CNC(=O)c1cc(C)nn1CC. The molecular weight excluding hydrogens is 795 g/mol. The molecule has 4 amide bonds. The van der Waals surface area contributed by atoms with Crippen molar-refractivity contribution < 1.29 is 33.4 Å². The van der Waals surface area contributed by atoms with Crippen molar-refractivity contribution in [1.29, 1.82) is 0 Å². The number of hydrogen-bond donors (Lipinski definition) is 4. The molecule has 0 radical (unpaired) electrons. The van der Waals surface area contributed by atoms with Crippen LogP contribution in [-0.2, 0) is 17.8 Å². The lowest BCUT2D eigenvalue weighted by molar-refractivity contribution is 0.0184. The second kappa shape index (κ2) is 20.6. The van der Waals surface area contributed by atoms with E-state index in [1.807, 2.05) is 62.3 Å². The molecule has 0 aliphatic carbocycles. The van der Waals surface area contributed by atoms with Gasteiger partial charge in [-0.3, -0.25) is 24.1 Å². The number of imidazole rings is 1. The van der Waals surface area contributed by atoms with Crippen LogP contribution in [0, 0.1) is 12.8 Å². The monoisotopic (exact) mass is 853 g/mol. The number of aryl methyl sites for hydroxylation is 2. The third-order valence-corrected chi connectivity index (χ3v) is 10.2. The fourth-order valence-corrected chi connectivity index (χ4v) is 7.20. The van der Waals surface area contributed by atoms with Gasteiger partial charge in [0.05, 0.1) is 30.7 Å². The number of benzene rings is 2. The number of fused-ring (bicyclic) bond motifs is 1. The van der Waals surface area contributed by atoms with Gasteiger partial charge in [-0.1, -0.05) is 24.3 Å². The van der Waals surface area contributed by atoms with Crippen molar-refractivity contribution in [3.05, 3.63) is 77.2 Å². The number of piperidine rings is 1. The van der Waals surface area contributed by atoms with Crippen molar-refractivity contribution in [2.24, 2.45) is 22.4 Å². The van der Waals surface area contributed by atoms with Crippen molar-refractivity contribution in [2.75, 3.05) is 57.3 Å². The number of anilines is 2. The van der Waals surface area contributed by atoms with Crippen LogP contribution in [0.15, 0.2) is 59.6 Å². The summed E-state index contributed by atoms with van der Waals surface area (Å²) in [7, 11) is 3.22. The fraction of sp³-hybridized carbons (Fsp3) is 0.432. The lowest BCUT2D eigenvalue weighted by Gasteiger charge is -2.33. The first kappa shape index (κ1) is 46.2. The number of primary amides is 2. The van der Waals surface area contributed by atoms with Crippen LogP contribution in [0.4, 0.5) is 22.1 Å². The molecule has 0 spiro atoms. The lowest BCUT2D eigenvalue weighted by atomic mass is 9.93. The maximum absolute atomic E-state index is 13.4. The summed E-state index contributed by atoms with van der Waals surface area (Å²) in [6.07, 6.45) is 10.2. The molecule has 1 aliphatic rings. The summed E-state index contributed by atoms with van der Waals surface area (Å²) in [5.41, 5.74) is 14.4. The first-order valence-corrected chi connectivity index (χ1v) is 20.6. The molecule has 0 atom stereocenters. The second-order valence-electron chi connectivity index (χ2n) is 15.8. The number of aliphatic imine (C=N–C) groups is 1. The zero-order valence-electron chi connectivity index (χ0n) is 36.7. The normalized spacial score (nSPS) is 13.4. The van der Waals surface area contributed by atoms with Gasteiger partial charge in [-0.25, -0.2) is 9.78 Å². The van der Waals surface area contributed by atoms with E-state index in [1.54, 1.807) is 34.8 Å². The van der Waals surface area contributed by atoms with E-state index < -0.39 is 17.4 Å². The number of carbonyl (C=O) groups excluding carboxylic acids is 4. The van der Waals surface area contributed by atoms with Crippen molar-refractivity contribution in [3.8, 4) is 11.5 Å². The molecule has 2 aromatic carbocycles. The Kier molecular flexibility index (Phi) is 15.4. The van der Waals surface area contributed by atoms with Gasteiger partial charge in [-0.2, -0.15) is 5.10 Å². The Morgan fingerprint density at radius 1 is 1.00 bits per heavy atom. The van der Waals surface area contributed by atoms with Crippen LogP contribution in [0.1, 0.15) is 83.9 Å². The van der Waals surface area contributed by atoms with Gasteiger partial charge in [-0.05, 0) is 96.8 Å². The lowest BCUT2D eigenvalue weighted by Crippen LogP contribution is -2.41. The molecular formula is C44H59N11O7. The van der Waals surface area contributed by atoms with E-state index in [4.69, 9.17) is 30.7 Å². The molecule has 332 valence electrons. The van der Waals surface area contributed by atoms with Gasteiger partial charge in [0.1, 0.15) is 40.6 Å². The standard InChI is InChI=1S/C44H59N11O7/c1-9-55-34(22-28(2)51-55)41(58)49-27-53(37-32(47-6)23-30(39(45)56)25-35(37)60-8)17-11-12-18-54-38-33(50-42(54)48-7)24-31(40(46)57)26-36(38)61-21-13-10-14-29-15-19-52(20-16-29)43(59)62-44(3,4)5/h10-13,22-26,29H,6,9,14-21,27H2,1-5,7-8H3,(H2,45,56)(H2,46,57)(H,48,50)(H,49,58)/b12-11+,13-10+. The quantitative estimate of drug-likeness (QED) is 0.0519. The number of allylic oxidation sites excluding steroid dienone is 2. The summed E-state index contributed by atoms with van der Waals surface area (Å²) in [6, 6.07) is 8.01. The number of ether oxygens (including phenoxy) is 3. The molecule has 1 saturated heterocycles. The Morgan fingerprint density at radius 2 is 1.69 bits per heavy atom. The Hall–Kier alpha value is -6.85. The number of likely N-dealkylation sites (tertiary alicyclic amines) is 1. The van der Waals surface area contributed by atoms with Crippen LogP contribution in [0.25, 0.3) is 11.0 Å². The molecule has 18 heteroatoms. The zero-order chi connectivity index (χ0) is 45.1. The number of carbonyl (C=O) groups is 4. The van der Waals surface area contributed by atoms with Gasteiger partial charge in [0.15, 0.2) is 0 Å². The minimum absolute atomic E-state index is 0.0222. The molecule has 6 N–H and O–H groups in total. The number of aromatic nitrogens is 4. The van der Waals surface area contributed by atoms with E-state index in [9.17, 15) is 19.2 Å². The molecule has 2 aromatic heterocycles. The highest BCUT2D eigenvalue weighted by atomic mass is 16.6. The third kappa shape index (κ3) is 11.5. The Balaban J connectivity index is 1.35. The molecule has 18 nitrogen and oxygen atoms in total. The van der Waals surface area contributed by atoms with E-state index in [0.717, 1.165) is 19.3 Å². The first-order valence-electron chi connectivity index (χ1n) is 20.6. The molecule has 1 aliphatic heterocycles. The number of methoxy groups -OCH3 is 1. The first-order chi connectivity index (χ1) is 29.6. The zero-order valence-corrected chi connectivity index (χ0v) is 36.7. The number of amides is 4. The van der Waals surface area contributed by atoms with Crippen LogP contribution >= 0.6 is 0 Å². The summed E-state index contributed by atoms with van der Waals surface area (Å²) >= 11 is 0. The van der Waals surface area contributed by atoms with Crippen LogP contribution in [-0.4, -0.2) is 107 Å². The highest BCUT2D eigenvalue weighted by Crippen LogP contribution is 2.39. The topological polar surface area (TPSA) is 227 Å². The van der Waals surface area contributed by atoms with E-state index in [2.05, 4.69) is 33.5 Å². The van der Waals surface area contributed by atoms with Crippen molar-refractivity contribution in [3.63, 3.8) is 0 Å². The Labute approximate surface area is 361 Å². The minimum atomic E-state index is -0.660. The van der Waals surface area contributed by atoms with Crippen LogP contribution in [0.2, 0.25) is 0 Å². The van der Waals surface area contributed by atoms with Crippen molar-refractivity contribution in [1.82, 2.24) is 29.5 Å². The molecule has 0 bridgehead atoms. The number of rotatable bonds is 19. The average molecular weight is 854 g/mol. The molecule has 0 unspecified atom stereocenters.